The predicted molar refractivity (Wildman–Crippen MR) is 80.1 cm³/mol. The molecule has 0 unspecified atom stereocenters. The molecule has 1 aromatic heterocycles. The van der Waals surface area contributed by atoms with Gasteiger partial charge in [0.25, 0.3) is 0 Å². The number of hydrogen-bond acceptors (Lipinski definition) is 5. The summed E-state index contributed by atoms with van der Waals surface area (Å²) in [7, 11) is 1.93. The third kappa shape index (κ3) is 3.57. The first-order valence-electron chi connectivity index (χ1n) is 6.90. The number of benzene rings is 1. The number of nitrogens with one attached hydrogen (secondary N) is 1. The van der Waals surface area contributed by atoms with Gasteiger partial charge in [-0.25, -0.2) is 0 Å². The zero-order chi connectivity index (χ0) is 14.5. The number of para-hydroxylation sites is 1. The minimum absolute atomic E-state index is 0.514. The molecule has 0 radical (unpaired) electrons. The standard InChI is InChI=1S/C15H22N4O/c1-11(2)9-16-10-14-17-18-15(20-14)19(4)13-8-6-5-7-12(13)3/h5-8,11,16H,9-10H2,1-4H3. The van der Waals surface area contributed by atoms with Gasteiger partial charge in [-0.1, -0.05) is 37.1 Å². The van der Waals surface area contributed by atoms with Crippen molar-refractivity contribution >= 4 is 11.7 Å². The van der Waals surface area contributed by atoms with E-state index in [1.807, 2.05) is 30.1 Å². The summed E-state index contributed by atoms with van der Waals surface area (Å²) in [5, 5.41) is 11.5. The molecule has 0 saturated carbocycles. The van der Waals surface area contributed by atoms with Gasteiger partial charge in [0.1, 0.15) is 0 Å². The van der Waals surface area contributed by atoms with Gasteiger partial charge < -0.3 is 9.73 Å². The van der Waals surface area contributed by atoms with E-state index in [4.69, 9.17) is 4.42 Å². The van der Waals surface area contributed by atoms with Gasteiger partial charge >= 0.3 is 6.01 Å². The second-order valence-electron chi connectivity index (χ2n) is 5.35. The maximum Gasteiger partial charge on any atom is 0.322 e. The molecule has 0 amide bonds. The maximum atomic E-state index is 5.68. The van der Waals surface area contributed by atoms with Crippen LogP contribution >= 0.6 is 0 Å². The third-order valence-electron chi connectivity index (χ3n) is 3.05. The summed E-state index contributed by atoms with van der Waals surface area (Å²) in [6.07, 6.45) is 0. The molecule has 0 saturated heterocycles. The summed E-state index contributed by atoms with van der Waals surface area (Å²) in [6, 6.07) is 8.63. The number of aromatic nitrogens is 2. The van der Waals surface area contributed by atoms with Gasteiger partial charge in [0.05, 0.1) is 6.54 Å². The van der Waals surface area contributed by atoms with Crippen LogP contribution in [0.25, 0.3) is 0 Å². The van der Waals surface area contributed by atoms with E-state index in [0.29, 0.717) is 24.4 Å². The van der Waals surface area contributed by atoms with E-state index < -0.39 is 0 Å². The van der Waals surface area contributed by atoms with Crippen LogP contribution in [0.15, 0.2) is 28.7 Å². The summed E-state index contributed by atoms with van der Waals surface area (Å²) in [5.41, 5.74) is 2.24. The Hall–Kier alpha value is -1.88. The van der Waals surface area contributed by atoms with E-state index in [9.17, 15) is 0 Å². The van der Waals surface area contributed by atoms with Crippen LogP contribution in [-0.2, 0) is 6.54 Å². The van der Waals surface area contributed by atoms with Crippen LogP contribution in [0.3, 0.4) is 0 Å². The van der Waals surface area contributed by atoms with Gasteiger partial charge in [-0.15, -0.1) is 5.10 Å². The molecule has 0 aliphatic heterocycles. The maximum absolute atomic E-state index is 5.68. The van der Waals surface area contributed by atoms with Crippen LogP contribution in [0.2, 0.25) is 0 Å². The molecule has 108 valence electrons. The first kappa shape index (κ1) is 14.5. The van der Waals surface area contributed by atoms with E-state index in [1.54, 1.807) is 0 Å². The average molecular weight is 274 g/mol. The van der Waals surface area contributed by atoms with Crippen molar-refractivity contribution in [3.63, 3.8) is 0 Å². The molecule has 20 heavy (non-hydrogen) atoms. The van der Waals surface area contributed by atoms with Crippen molar-refractivity contribution in [2.45, 2.75) is 27.3 Å². The van der Waals surface area contributed by atoms with Gasteiger partial charge in [-0.3, -0.25) is 4.90 Å². The highest BCUT2D eigenvalue weighted by atomic mass is 16.4. The first-order valence-corrected chi connectivity index (χ1v) is 6.90. The Labute approximate surface area is 120 Å². The molecule has 0 bridgehead atoms. The number of anilines is 2. The zero-order valence-corrected chi connectivity index (χ0v) is 12.6. The molecule has 5 heteroatoms. The second-order valence-corrected chi connectivity index (χ2v) is 5.35. The molecule has 0 atom stereocenters. The minimum Gasteiger partial charge on any atom is -0.406 e. The fraction of sp³-hybridized carbons (Fsp3) is 0.467. The third-order valence-corrected chi connectivity index (χ3v) is 3.05. The van der Waals surface area contributed by atoms with Crippen molar-refractivity contribution in [1.82, 2.24) is 15.5 Å². The largest absolute Gasteiger partial charge is 0.406 e. The van der Waals surface area contributed by atoms with Crippen LogP contribution in [0.4, 0.5) is 11.7 Å². The molecule has 0 spiro atoms. The molecule has 0 fully saturated rings. The Balaban J connectivity index is 2.03. The second kappa shape index (κ2) is 6.52. The number of nitrogens with zero attached hydrogens (tertiary/aromatic N) is 3. The summed E-state index contributed by atoms with van der Waals surface area (Å²) >= 11 is 0. The molecule has 0 aliphatic carbocycles. The van der Waals surface area contributed by atoms with Gasteiger partial charge in [-0.05, 0) is 31.0 Å². The fourth-order valence-electron chi connectivity index (χ4n) is 1.96. The Kier molecular flexibility index (Phi) is 4.74. The van der Waals surface area contributed by atoms with Crippen LogP contribution < -0.4 is 10.2 Å². The number of hydrogen-bond donors (Lipinski definition) is 1. The van der Waals surface area contributed by atoms with Crippen molar-refractivity contribution in [2.75, 3.05) is 18.5 Å². The highest BCUT2D eigenvalue weighted by molar-refractivity contribution is 5.59. The Morgan fingerprint density at radius 2 is 2.00 bits per heavy atom. The summed E-state index contributed by atoms with van der Waals surface area (Å²) in [6.45, 7) is 7.93. The van der Waals surface area contributed by atoms with Gasteiger partial charge in [0.2, 0.25) is 5.89 Å². The topological polar surface area (TPSA) is 54.2 Å². The monoisotopic (exact) mass is 274 g/mol. The lowest BCUT2D eigenvalue weighted by Crippen LogP contribution is -2.19. The molecule has 0 aliphatic rings. The molecular weight excluding hydrogens is 252 g/mol. The van der Waals surface area contributed by atoms with Crippen molar-refractivity contribution in [2.24, 2.45) is 5.92 Å². The van der Waals surface area contributed by atoms with E-state index in [1.165, 1.54) is 5.56 Å². The van der Waals surface area contributed by atoms with E-state index in [0.717, 1.165) is 12.2 Å². The lowest BCUT2D eigenvalue weighted by atomic mass is 10.2. The van der Waals surface area contributed by atoms with Crippen molar-refractivity contribution in [3.8, 4) is 0 Å². The number of rotatable bonds is 6. The lowest BCUT2D eigenvalue weighted by Gasteiger charge is -2.16. The van der Waals surface area contributed by atoms with E-state index in [2.05, 4.69) is 42.4 Å². The molecule has 2 aromatic rings. The Morgan fingerprint density at radius 1 is 1.25 bits per heavy atom. The van der Waals surface area contributed by atoms with Crippen molar-refractivity contribution < 1.29 is 4.42 Å². The molecule has 2 rings (SSSR count). The van der Waals surface area contributed by atoms with Gasteiger partial charge in [0.15, 0.2) is 0 Å². The molecular formula is C15H22N4O. The smallest absolute Gasteiger partial charge is 0.322 e. The summed E-state index contributed by atoms with van der Waals surface area (Å²) < 4.78 is 5.68. The van der Waals surface area contributed by atoms with Crippen LogP contribution in [0, 0.1) is 12.8 Å². The fourth-order valence-corrected chi connectivity index (χ4v) is 1.96. The molecule has 1 N–H and O–H groups in total. The molecule has 1 heterocycles. The van der Waals surface area contributed by atoms with Gasteiger partial charge in [0, 0.05) is 12.7 Å². The first-order chi connectivity index (χ1) is 9.58. The zero-order valence-electron chi connectivity index (χ0n) is 12.6. The van der Waals surface area contributed by atoms with E-state index >= 15 is 0 Å². The normalized spacial score (nSPS) is 11.1. The average Bonchev–Trinajstić information content (AvgIpc) is 2.87. The van der Waals surface area contributed by atoms with Crippen molar-refractivity contribution in [3.05, 3.63) is 35.7 Å². The molecule has 1 aromatic carbocycles. The highest BCUT2D eigenvalue weighted by Crippen LogP contribution is 2.25. The minimum atomic E-state index is 0.514. The lowest BCUT2D eigenvalue weighted by molar-refractivity contribution is 0.455. The quantitative estimate of drug-likeness (QED) is 0.877. The molecule has 5 nitrogen and oxygen atoms in total. The van der Waals surface area contributed by atoms with E-state index in [-0.39, 0.29) is 0 Å². The van der Waals surface area contributed by atoms with Crippen molar-refractivity contribution in [1.29, 1.82) is 0 Å². The Morgan fingerprint density at radius 3 is 2.70 bits per heavy atom. The Bertz CT molecular complexity index is 550. The van der Waals surface area contributed by atoms with Crippen LogP contribution in [0.1, 0.15) is 25.3 Å². The SMILES string of the molecule is Cc1ccccc1N(C)c1nnc(CNCC(C)C)o1. The van der Waals surface area contributed by atoms with Gasteiger partial charge in [-0.2, -0.15) is 0 Å². The summed E-state index contributed by atoms with van der Waals surface area (Å²) in [5.74, 6) is 1.22. The predicted octanol–water partition coefficient (Wildman–Crippen LogP) is 2.89. The van der Waals surface area contributed by atoms with Crippen LogP contribution in [-0.4, -0.2) is 23.8 Å². The summed E-state index contributed by atoms with van der Waals surface area (Å²) in [4.78, 5) is 1.91. The number of aryl methyl sites for hydroxylation is 1. The highest BCUT2D eigenvalue weighted by Gasteiger charge is 2.13. The van der Waals surface area contributed by atoms with Crippen LogP contribution in [0.5, 0.6) is 0 Å².